The average Bonchev–Trinajstić information content (AvgIpc) is 3.46. The molecule has 0 saturated heterocycles. The molecule has 0 fully saturated rings. The van der Waals surface area contributed by atoms with Gasteiger partial charge in [-0.1, -0.05) is 298 Å². The summed E-state index contributed by atoms with van der Waals surface area (Å²) in [5, 5.41) is 0. The molecule has 0 rings (SSSR count). The van der Waals surface area contributed by atoms with Gasteiger partial charge in [0.15, 0.2) is 6.10 Å². The molecule has 0 aromatic rings. The lowest BCUT2D eigenvalue weighted by atomic mass is 10.0. The van der Waals surface area contributed by atoms with E-state index in [9.17, 15) is 14.4 Å². The second kappa shape index (κ2) is 68.1. The van der Waals surface area contributed by atoms with E-state index in [-0.39, 0.29) is 31.1 Å². The van der Waals surface area contributed by atoms with Crippen LogP contribution in [0.15, 0.2) is 85.1 Å². The predicted octanol–water partition coefficient (Wildman–Crippen LogP) is 23.8. The second-order valence-corrected chi connectivity index (χ2v) is 23.1. The van der Waals surface area contributed by atoms with E-state index in [2.05, 4.69) is 106 Å². The molecule has 0 aromatic heterocycles. The van der Waals surface area contributed by atoms with E-state index in [1.807, 2.05) is 0 Å². The van der Waals surface area contributed by atoms with E-state index in [0.29, 0.717) is 19.3 Å². The third-order valence-electron chi connectivity index (χ3n) is 15.1. The molecule has 0 aliphatic heterocycles. The van der Waals surface area contributed by atoms with Gasteiger partial charge in [0.25, 0.3) is 0 Å². The number of esters is 3. The van der Waals surface area contributed by atoms with Gasteiger partial charge < -0.3 is 14.2 Å². The summed E-state index contributed by atoms with van der Waals surface area (Å²) in [4.78, 5) is 38.4. The van der Waals surface area contributed by atoms with Crippen LogP contribution >= 0.6 is 0 Å². The number of ether oxygens (including phenoxy) is 3. The van der Waals surface area contributed by atoms with Crippen molar-refractivity contribution in [2.45, 2.75) is 354 Å². The van der Waals surface area contributed by atoms with Crippen molar-refractivity contribution >= 4 is 17.9 Å². The summed E-state index contributed by atoms with van der Waals surface area (Å²) in [6.07, 6.45) is 90.3. The number of allylic oxidation sites excluding steroid dienone is 14. The summed E-state index contributed by atoms with van der Waals surface area (Å²) < 4.78 is 17.0. The lowest BCUT2D eigenvalue weighted by Crippen LogP contribution is -2.30. The van der Waals surface area contributed by atoms with Gasteiger partial charge in [-0.2, -0.15) is 0 Å². The topological polar surface area (TPSA) is 78.9 Å². The van der Waals surface area contributed by atoms with Crippen LogP contribution in [-0.2, 0) is 28.6 Å². The van der Waals surface area contributed by atoms with Crippen molar-refractivity contribution in [2.24, 2.45) is 0 Å². The molecule has 0 aromatic carbocycles. The molecule has 0 spiro atoms. The monoisotopic (exact) mass is 1110 g/mol. The molecule has 0 amide bonds. The van der Waals surface area contributed by atoms with Crippen LogP contribution in [0.1, 0.15) is 348 Å². The van der Waals surface area contributed by atoms with Gasteiger partial charge in [0.05, 0.1) is 0 Å². The molecule has 1 atom stereocenters. The first kappa shape index (κ1) is 76.6. The minimum Gasteiger partial charge on any atom is -0.462 e. The van der Waals surface area contributed by atoms with Crippen LogP contribution < -0.4 is 0 Å². The SMILES string of the molecule is CC/C=C\C/C=C\C/C=C\C/C=C\C/C=C\CCCCCCCCCCCCCCCC(=O)OCC(COC(=O)CCCCCCC/C=C\CCCCCCCCC)OC(=O)CCCCCCCCC/C=C\CCCCCCCC. The Hall–Kier alpha value is -3.41. The zero-order valence-electron chi connectivity index (χ0n) is 53.1. The lowest BCUT2D eigenvalue weighted by molar-refractivity contribution is -0.167. The van der Waals surface area contributed by atoms with Gasteiger partial charge in [0.2, 0.25) is 0 Å². The number of hydrogen-bond donors (Lipinski definition) is 0. The highest BCUT2D eigenvalue weighted by Crippen LogP contribution is 2.17. The Morgan fingerprint density at radius 3 is 0.775 bits per heavy atom. The van der Waals surface area contributed by atoms with E-state index in [1.165, 1.54) is 212 Å². The molecule has 0 radical (unpaired) electrons. The maximum absolute atomic E-state index is 12.9. The Morgan fingerprint density at radius 2 is 0.487 bits per heavy atom. The van der Waals surface area contributed by atoms with Crippen molar-refractivity contribution in [2.75, 3.05) is 13.2 Å². The fourth-order valence-electron chi connectivity index (χ4n) is 9.93. The minimum atomic E-state index is -0.783. The summed E-state index contributed by atoms with van der Waals surface area (Å²) in [7, 11) is 0. The molecule has 0 aliphatic rings. The maximum Gasteiger partial charge on any atom is 0.306 e. The van der Waals surface area contributed by atoms with Crippen molar-refractivity contribution in [3.8, 4) is 0 Å². The molecule has 0 bridgehead atoms. The average molecular weight is 1120 g/mol. The third kappa shape index (κ3) is 65.4. The van der Waals surface area contributed by atoms with Crippen LogP contribution in [-0.4, -0.2) is 37.2 Å². The summed E-state index contributed by atoms with van der Waals surface area (Å²) in [6, 6.07) is 0. The van der Waals surface area contributed by atoms with E-state index >= 15 is 0 Å². The molecule has 1 unspecified atom stereocenters. The van der Waals surface area contributed by atoms with E-state index in [1.54, 1.807) is 0 Å². The fraction of sp³-hybridized carbons (Fsp3) is 0.770. The zero-order chi connectivity index (χ0) is 57.8. The molecule has 6 nitrogen and oxygen atoms in total. The van der Waals surface area contributed by atoms with Crippen LogP contribution in [0, 0.1) is 0 Å². The molecular formula is C74H130O6. The fourth-order valence-corrected chi connectivity index (χ4v) is 9.93. The Morgan fingerprint density at radius 1 is 0.263 bits per heavy atom. The van der Waals surface area contributed by atoms with E-state index in [4.69, 9.17) is 14.2 Å². The third-order valence-corrected chi connectivity index (χ3v) is 15.1. The highest BCUT2D eigenvalue weighted by Gasteiger charge is 2.19. The van der Waals surface area contributed by atoms with Crippen molar-refractivity contribution in [3.05, 3.63) is 85.1 Å². The van der Waals surface area contributed by atoms with Crippen molar-refractivity contribution < 1.29 is 28.6 Å². The van der Waals surface area contributed by atoms with Crippen LogP contribution in [0.5, 0.6) is 0 Å². The zero-order valence-corrected chi connectivity index (χ0v) is 53.1. The lowest BCUT2D eigenvalue weighted by Gasteiger charge is -2.18. The molecule has 0 N–H and O–H groups in total. The Kier molecular flexibility index (Phi) is 65.2. The van der Waals surface area contributed by atoms with Crippen LogP contribution in [0.3, 0.4) is 0 Å². The first-order chi connectivity index (χ1) is 39.5. The van der Waals surface area contributed by atoms with Crippen LogP contribution in [0.4, 0.5) is 0 Å². The molecule has 462 valence electrons. The number of carbonyl (C=O) groups excluding carboxylic acids is 3. The van der Waals surface area contributed by atoms with Crippen molar-refractivity contribution in [1.29, 1.82) is 0 Å². The van der Waals surface area contributed by atoms with E-state index in [0.717, 1.165) is 96.3 Å². The minimum absolute atomic E-state index is 0.0787. The van der Waals surface area contributed by atoms with Gasteiger partial charge in [-0.15, -0.1) is 0 Å². The molecule has 0 heterocycles. The number of rotatable bonds is 63. The quantitative estimate of drug-likeness (QED) is 0.0261. The normalized spacial score (nSPS) is 12.6. The second-order valence-electron chi connectivity index (χ2n) is 23.1. The van der Waals surface area contributed by atoms with Gasteiger partial charge >= 0.3 is 17.9 Å². The van der Waals surface area contributed by atoms with Gasteiger partial charge in [-0.05, 0) is 116 Å². The first-order valence-electron chi connectivity index (χ1n) is 34.6. The molecule has 0 saturated carbocycles. The van der Waals surface area contributed by atoms with Gasteiger partial charge in [-0.3, -0.25) is 14.4 Å². The van der Waals surface area contributed by atoms with Crippen LogP contribution in [0.2, 0.25) is 0 Å². The molecule has 0 aliphatic carbocycles. The van der Waals surface area contributed by atoms with Crippen molar-refractivity contribution in [3.63, 3.8) is 0 Å². The Balaban J connectivity index is 4.28. The van der Waals surface area contributed by atoms with Crippen molar-refractivity contribution in [1.82, 2.24) is 0 Å². The Bertz CT molecular complexity index is 1520. The highest BCUT2D eigenvalue weighted by atomic mass is 16.6. The van der Waals surface area contributed by atoms with Gasteiger partial charge in [0.1, 0.15) is 13.2 Å². The summed E-state index contributed by atoms with van der Waals surface area (Å²) >= 11 is 0. The molecular weight excluding hydrogens is 985 g/mol. The standard InChI is InChI=1S/C74H130O6/c1-4-7-10-13-16-19-22-25-28-31-32-33-34-35-36-37-38-39-40-41-42-44-46-49-52-55-58-61-64-67-73(76)79-70-71(69-78-72(75)66-63-60-57-54-51-48-45-30-27-24-21-18-15-12-9-6-3)80-74(77)68-65-62-59-56-53-50-47-43-29-26-23-20-17-14-11-8-5-2/h7,10,16,19,25-26,28-30,32-33,35-36,45,71H,4-6,8-9,11-15,17-18,20-24,27,31,34,37-44,46-70H2,1-3H3/b10-7-,19-16-,28-25-,29-26-,33-32-,36-35-,45-30-. The number of carbonyl (C=O) groups is 3. The van der Waals surface area contributed by atoms with Crippen LogP contribution in [0.25, 0.3) is 0 Å². The summed E-state index contributed by atoms with van der Waals surface area (Å²) in [5.41, 5.74) is 0. The summed E-state index contributed by atoms with van der Waals surface area (Å²) in [6.45, 7) is 6.55. The predicted molar refractivity (Wildman–Crippen MR) is 348 cm³/mol. The van der Waals surface area contributed by atoms with Gasteiger partial charge in [-0.25, -0.2) is 0 Å². The highest BCUT2D eigenvalue weighted by molar-refractivity contribution is 5.71. The first-order valence-corrected chi connectivity index (χ1v) is 34.6. The molecule has 80 heavy (non-hydrogen) atoms. The maximum atomic E-state index is 12.9. The molecule has 6 heteroatoms. The Labute approximate surface area is 496 Å². The van der Waals surface area contributed by atoms with E-state index < -0.39 is 6.10 Å². The van der Waals surface area contributed by atoms with Gasteiger partial charge in [0, 0.05) is 19.3 Å². The smallest absolute Gasteiger partial charge is 0.306 e. The number of hydrogen-bond acceptors (Lipinski definition) is 6. The largest absolute Gasteiger partial charge is 0.462 e. The number of unbranched alkanes of at least 4 members (excludes halogenated alkanes) is 38. The summed E-state index contributed by atoms with van der Waals surface area (Å²) in [5.74, 6) is -0.875.